The fourth-order valence-electron chi connectivity index (χ4n) is 1.67. The number of carbonyl (C=O) groups is 2. The molecule has 0 heterocycles. The average Bonchev–Trinajstić information content (AvgIpc) is 2.45. The van der Waals surface area contributed by atoms with Crippen molar-refractivity contribution in [3.63, 3.8) is 0 Å². The van der Waals surface area contributed by atoms with Gasteiger partial charge < -0.3 is 15.7 Å². The Balaban J connectivity index is 2.36. The molecule has 0 aliphatic rings. The Morgan fingerprint density at radius 1 is 1.24 bits per heavy atom. The number of nitrogens with one attached hydrogen (secondary N) is 2. The van der Waals surface area contributed by atoms with Crippen LogP contribution in [0.3, 0.4) is 0 Å². The fraction of sp³-hybridized carbons (Fsp3) is 0.467. The molecule has 0 fully saturated rings. The van der Waals surface area contributed by atoms with Crippen molar-refractivity contribution in [2.45, 2.75) is 26.7 Å². The number of benzene rings is 1. The topological polar surface area (TPSA) is 78.4 Å². The van der Waals surface area contributed by atoms with Gasteiger partial charge in [-0.2, -0.15) is 0 Å². The number of aliphatic hydroxyl groups excluding tert-OH is 1. The van der Waals surface area contributed by atoms with Gasteiger partial charge in [-0.1, -0.05) is 26.0 Å². The highest BCUT2D eigenvalue weighted by Gasteiger charge is 2.17. The molecule has 1 rings (SSSR count). The molecule has 0 spiro atoms. The van der Waals surface area contributed by atoms with Crippen LogP contribution >= 0.6 is 0 Å². The van der Waals surface area contributed by atoms with E-state index in [9.17, 15) is 14.0 Å². The van der Waals surface area contributed by atoms with E-state index in [1.165, 1.54) is 18.2 Å². The largest absolute Gasteiger partial charge is 0.396 e. The van der Waals surface area contributed by atoms with Gasteiger partial charge in [0, 0.05) is 13.2 Å². The first-order valence-electron chi connectivity index (χ1n) is 6.80. The van der Waals surface area contributed by atoms with Gasteiger partial charge in [-0.15, -0.1) is 0 Å². The highest BCUT2D eigenvalue weighted by molar-refractivity contribution is 6.39. The Morgan fingerprint density at radius 2 is 1.90 bits per heavy atom. The zero-order valence-electron chi connectivity index (χ0n) is 12.3. The van der Waals surface area contributed by atoms with Crippen molar-refractivity contribution in [2.75, 3.05) is 18.5 Å². The van der Waals surface area contributed by atoms with Crippen LogP contribution < -0.4 is 10.6 Å². The van der Waals surface area contributed by atoms with E-state index < -0.39 is 17.6 Å². The van der Waals surface area contributed by atoms with Gasteiger partial charge >= 0.3 is 11.8 Å². The lowest BCUT2D eigenvalue weighted by Crippen LogP contribution is -2.36. The molecule has 0 radical (unpaired) electrons. The molecule has 1 aromatic rings. The van der Waals surface area contributed by atoms with Gasteiger partial charge in [-0.3, -0.25) is 9.59 Å². The lowest BCUT2D eigenvalue weighted by Gasteiger charge is -2.21. The summed E-state index contributed by atoms with van der Waals surface area (Å²) in [5.74, 6) is -2.30. The number of hydrogen-bond donors (Lipinski definition) is 3. The summed E-state index contributed by atoms with van der Waals surface area (Å²) in [7, 11) is 0. The Hall–Kier alpha value is -1.95. The molecule has 0 saturated carbocycles. The molecule has 0 aromatic heterocycles. The number of aliphatic hydroxyl groups is 1. The maximum atomic E-state index is 13.3. The molecular weight excluding hydrogens is 275 g/mol. The smallest absolute Gasteiger partial charge is 0.313 e. The normalized spacial score (nSPS) is 11.0. The van der Waals surface area contributed by atoms with Gasteiger partial charge in [-0.05, 0) is 30.4 Å². The number of halogens is 1. The second-order valence-electron chi connectivity index (χ2n) is 5.62. The van der Waals surface area contributed by atoms with Gasteiger partial charge in [0.05, 0.1) is 5.69 Å². The standard InChI is InChI=1S/C15H21FN2O3/c1-15(2,10-19)8-5-9-17-13(20)14(21)18-12-7-4-3-6-11(12)16/h3-4,6-7,19H,5,8-10H2,1-2H3,(H,17,20)(H,18,21). The highest BCUT2D eigenvalue weighted by Crippen LogP contribution is 2.20. The summed E-state index contributed by atoms with van der Waals surface area (Å²) in [6.07, 6.45) is 1.37. The number of rotatable bonds is 6. The lowest BCUT2D eigenvalue weighted by molar-refractivity contribution is -0.136. The Bertz CT molecular complexity index is 503. The lowest BCUT2D eigenvalue weighted by atomic mass is 9.89. The number of amides is 2. The van der Waals surface area contributed by atoms with Crippen LogP contribution in [0.2, 0.25) is 0 Å². The zero-order chi connectivity index (χ0) is 15.9. The van der Waals surface area contributed by atoms with Crippen molar-refractivity contribution in [3.8, 4) is 0 Å². The zero-order valence-corrected chi connectivity index (χ0v) is 12.3. The van der Waals surface area contributed by atoms with Crippen molar-refractivity contribution in [3.05, 3.63) is 30.1 Å². The molecule has 1 aromatic carbocycles. The summed E-state index contributed by atoms with van der Waals surface area (Å²) in [5, 5.41) is 13.8. The Kier molecular flexibility index (Phi) is 6.30. The van der Waals surface area contributed by atoms with Gasteiger partial charge in [0.1, 0.15) is 5.82 Å². The first-order valence-corrected chi connectivity index (χ1v) is 6.80. The van der Waals surface area contributed by atoms with Crippen molar-refractivity contribution in [1.29, 1.82) is 0 Å². The molecule has 116 valence electrons. The van der Waals surface area contributed by atoms with Gasteiger partial charge in [-0.25, -0.2) is 4.39 Å². The monoisotopic (exact) mass is 296 g/mol. The summed E-state index contributed by atoms with van der Waals surface area (Å²) < 4.78 is 13.3. The van der Waals surface area contributed by atoms with E-state index >= 15 is 0 Å². The van der Waals surface area contributed by atoms with Crippen LogP contribution in [0.4, 0.5) is 10.1 Å². The summed E-state index contributed by atoms with van der Waals surface area (Å²) in [5.41, 5.74) is -0.237. The molecule has 2 amide bonds. The van der Waals surface area contributed by atoms with E-state index in [1.807, 2.05) is 13.8 Å². The quantitative estimate of drug-likeness (QED) is 0.552. The van der Waals surface area contributed by atoms with E-state index in [0.717, 1.165) is 6.42 Å². The predicted molar refractivity (Wildman–Crippen MR) is 78.1 cm³/mol. The second-order valence-corrected chi connectivity index (χ2v) is 5.62. The molecule has 0 bridgehead atoms. The molecule has 0 saturated heterocycles. The van der Waals surface area contributed by atoms with Crippen molar-refractivity contribution >= 4 is 17.5 Å². The van der Waals surface area contributed by atoms with Crippen LogP contribution in [0, 0.1) is 11.2 Å². The minimum absolute atomic E-state index is 0.0286. The van der Waals surface area contributed by atoms with Crippen molar-refractivity contribution < 1.29 is 19.1 Å². The van der Waals surface area contributed by atoms with Gasteiger partial charge in [0.25, 0.3) is 0 Å². The van der Waals surface area contributed by atoms with Crippen molar-refractivity contribution in [2.24, 2.45) is 5.41 Å². The highest BCUT2D eigenvalue weighted by atomic mass is 19.1. The molecule has 3 N–H and O–H groups in total. The first-order chi connectivity index (χ1) is 9.85. The van der Waals surface area contributed by atoms with Crippen molar-refractivity contribution in [1.82, 2.24) is 5.32 Å². The molecule has 5 nitrogen and oxygen atoms in total. The summed E-state index contributed by atoms with van der Waals surface area (Å²) in [6.45, 7) is 4.22. The predicted octanol–water partition coefficient (Wildman–Crippen LogP) is 1.68. The molecule has 0 aliphatic carbocycles. The Morgan fingerprint density at radius 3 is 2.52 bits per heavy atom. The molecule has 0 atom stereocenters. The SMILES string of the molecule is CC(C)(CO)CCCNC(=O)C(=O)Nc1ccccc1F. The number of anilines is 1. The summed E-state index contributed by atoms with van der Waals surface area (Å²) in [6, 6.07) is 5.64. The third-order valence-corrected chi connectivity index (χ3v) is 3.07. The van der Waals surface area contributed by atoms with Crippen LogP contribution in [0.5, 0.6) is 0 Å². The molecule has 0 unspecified atom stereocenters. The molecule has 21 heavy (non-hydrogen) atoms. The van der Waals surface area contributed by atoms with E-state index in [1.54, 1.807) is 6.07 Å². The van der Waals surface area contributed by atoms with Crippen LogP contribution in [-0.4, -0.2) is 30.1 Å². The average molecular weight is 296 g/mol. The van der Waals surface area contributed by atoms with Crippen LogP contribution in [-0.2, 0) is 9.59 Å². The molecule has 0 aliphatic heterocycles. The van der Waals surface area contributed by atoms with Crippen LogP contribution in [0.25, 0.3) is 0 Å². The van der Waals surface area contributed by atoms with Crippen LogP contribution in [0.15, 0.2) is 24.3 Å². The second kappa shape index (κ2) is 7.73. The number of hydrogen-bond acceptors (Lipinski definition) is 3. The summed E-state index contributed by atoms with van der Waals surface area (Å²) in [4.78, 5) is 23.1. The first kappa shape index (κ1) is 17.1. The maximum absolute atomic E-state index is 13.3. The minimum atomic E-state index is -0.901. The maximum Gasteiger partial charge on any atom is 0.313 e. The summed E-state index contributed by atoms with van der Waals surface area (Å²) >= 11 is 0. The van der Waals surface area contributed by atoms with Gasteiger partial charge in [0.15, 0.2) is 0 Å². The van der Waals surface area contributed by atoms with Crippen LogP contribution in [0.1, 0.15) is 26.7 Å². The van der Waals surface area contributed by atoms with Gasteiger partial charge in [0.2, 0.25) is 0 Å². The van der Waals surface area contributed by atoms with E-state index in [2.05, 4.69) is 10.6 Å². The fourth-order valence-corrected chi connectivity index (χ4v) is 1.67. The van der Waals surface area contributed by atoms with E-state index in [4.69, 9.17) is 5.11 Å². The third kappa shape index (κ3) is 5.91. The van der Waals surface area contributed by atoms with E-state index in [-0.39, 0.29) is 17.7 Å². The number of para-hydroxylation sites is 1. The molecular formula is C15H21FN2O3. The minimum Gasteiger partial charge on any atom is -0.396 e. The third-order valence-electron chi connectivity index (χ3n) is 3.07. The molecule has 6 heteroatoms. The van der Waals surface area contributed by atoms with E-state index in [0.29, 0.717) is 13.0 Å². The number of carbonyl (C=O) groups excluding carboxylic acids is 2. The Labute approximate surface area is 123 Å².